The molecule has 1 amide bonds. The van der Waals surface area contributed by atoms with E-state index in [4.69, 9.17) is 9.05 Å². The molecule has 0 aromatic rings. The number of phosphoric acid groups is 1. The molecule has 3 unspecified atom stereocenters. The lowest BCUT2D eigenvalue weighted by molar-refractivity contribution is -0.870. The summed E-state index contributed by atoms with van der Waals surface area (Å²) in [5, 5.41) is 13.9. The first-order valence-electron chi connectivity index (χ1n) is 26.7. The van der Waals surface area contributed by atoms with Crippen LogP contribution in [0, 0.1) is 0 Å². The second kappa shape index (κ2) is 46.3. The lowest BCUT2D eigenvalue weighted by atomic mass is 10.0. The SMILES string of the molecule is CCCCCC/C=C\C/C=C\CCCCCCCC(=O)NC(COP(=O)(O)OCC[N+](C)(C)C)C(O)/C=C/CC/C=C/CC/C=C/CCCCCCCCCCCCCCCCCC. The van der Waals surface area contributed by atoms with Gasteiger partial charge in [0.15, 0.2) is 0 Å². The monoisotopic (exact) mass is 920 g/mol. The fourth-order valence-electron chi connectivity index (χ4n) is 7.46. The number of nitrogens with one attached hydrogen (secondary N) is 1. The van der Waals surface area contributed by atoms with E-state index in [-0.39, 0.29) is 19.1 Å². The third-order valence-corrected chi connectivity index (χ3v) is 12.7. The van der Waals surface area contributed by atoms with E-state index in [1.54, 1.807) is 6.08 Å². The van der Waals surface area contributed by atoms with Gasteiger partial charge in [-0.15, -0.1) is 0 Å². The van der Waals surface area contributed by atoms with Crippen molar-refractivity contribution >= 4 is 13.7 Å². The van der Waals surface area contributed by atoms with Crippen LogP contribution in [-0.4, -0.2) is 73.4 Å². The lowest BCUT2D eigenvalue weighted by Gasteiger charge is -2.25. The summed E-state index contributed by atoms with van der Waals surface area (Å²) < 4.78 is 23.6. The maximum atomic E-state index is 12.9. The fraction of sp³-hybridized carbons (Fsp3) is 0.800. The highest BCUT2D eigenvalue weighted by atomic mass is 31.2. The van der Waals surface area contributed by atoms with E-state index in [1.807, 2.05) is 27.2 Å². The quantitative estimate of drug-likeness (QED) is 0.0243. The number of hydrogen-bond acceptors (Lipinski definition) is 5. The number of allylic oxidation sites excluding steroid dienone is 9. The molecule has 0 radical (unpaired) electrons. The van der Waals surface area contributed by atoms with E-state index in [0.717, 1.165) is 70.6 Å². The van der Waals surface area contributed by atoms with Crippen molar-refractivity contribution < 1.29 is 32.9 Å². The molecule has 0 saturated heterocycles. The van der Waals surface area contributed by atoms with E-state index in [0.29, 0.717) is 17.4 Å². The Labute approximate surface area is 396 Å². The summed E-state index contributed by atoms with van der Waals surface area (Å²) >= 11 is 0. The molecule has 0 aliphatic heterocycles. The molecule has 0 spiro atoms. The van der Waals surface area contributed by atoms with Crippen molar-refractivity contribution in [2.45, 2.75) is 244 Å². The van der Waals surface area contributed by atoms with E-state index in [9.17, 15) is 19.4 Å². The summed E-state index contributed by atoms with van der Waals surface area (Å²) in [7, 11) is 1.53. The Hall–Kier alpha value is -1.80. The number of carbonyl (C=O) groups excluding carboxylic acids is 1. The van der Waals surface area contributed by atoms with E-state index in [1.165, 1.54) is 141 Å². The van der Waals surface area contributed by atoms with Crippen LogP contribution < -0.4 is 5.32 Å². The topological polar surface area (TPSA) is 105 Å². The fourth-order valence-corrected chi connectivity index (χ4v) is 8.19. The summed E-state index contributed by atoms with van der Waals surface area (Å²) in [5.74, 6) is -0.205. The van der Waals surface area contributed by atoms with Crippen molar-refractivity contribution in [3.63, 3.8) is 0 Å². The molecular formula is C55H104N2O6P+. The molecule has 8 nitrogen and oxygen atoms in total. The van der Waals surface area contributed by atoms with Crippen molar-refractivity contribution in [3.8, 4) is 0 Å². The number of aliphatic hydroxyl groups excluding tert-OH is 1. The van der Waals surface area contributed by atoms with Gasteiger partial charge in [-0.2, -0.15) is 0 Å². The Morgan fingerprint density at radius 3 is 1.36 bits per heavy atom. The number of phosphoric ester groups is 1. The maximum absolute atomic E-state index is 12.9. The van der Waals surface area contributed by atoms with E-state index < -0.39 is 20.0 Å². The molecule has 0 aromatic carbocycles. The number of rotatable bonds is 48. The Balaban J connectivity index is 4.35. The van der Waals surface area contributed by atoms with Crippen LogP contribution in [0.4, 0.5) is 0 Å². The van der Waals surface area contributed by atoms with Crippen LogP contribution in [0.2, 0.25) is 0 Å². The van der Waals surface area contributed by atoms with Gasteiger partial charge in [-0.25, -0.2) is 4.57 Å². The summed E-state index contributed by atoms with van der Waals surface area (Å²) in [6.07, 6.45) is 61.8. The van der Waals surface area contributed by atoms with E-state index in [2.05, 4.69) is 67.8 Å². The minimum atomic E-state index is -4.36. The average molecular weight is 920 g/mol. The Morgan fingerprint density at radius 2 is 0.906 bits per heavy atom. The molecule has 64 heavy (non-hydrogen) atoms. The zero-order valence-electron chi connectivity index (χ0n) is 42.5. The van der Waals surface area contributed by atoms with Crippen LogP contribution in [0.25, 0.3) is 0 Å². The van der Waals surface area contributed by atoms with Gasteiger partial charge < -0.3 is 19.8 Å². The standard InChI is InChI=1S/C55H103N2O6P/c1-6-8-10-12-14-16-18-20-22-24-25-26-27-28-29-30-31-32-33-34-36-38-40-42-44-46-48-54(58)53(52-63-64(60,61)62-51-50-57(3,4)5)56-55(59)49-47-45-43-41-39-37-35-23-21-19-17-15-13-11-9-7-2/h17,19,23,32-33,35,38,40,46,48,53-54,58H,6-16,18,20-22,24-31,34,36-37,39,41-45,47,49-52H2,1-5H3,(H-,56,59,60,61)/p+1/b19-17-,33-32+,35-23-,40-38+,48-46+. The van der Waals surface area contributed by atoms with Crippen molar-refractivity contribution in [1.82, 2.24) is 5.32 Å². The normalized spacial score (nSPS) is 14.5. The van der Waals surface area contributed by atoms with Crippen LogP contribution >= 0.6 is 7.82 Å². The molecule has 3 N–H and O–H groups in total. The number of unbranched alkanes of at least 4 members (excludes halogenated alkanes) is 27. The molecule has 0 fully saturated rings. The Bertz CT molecular complexity index is 1230. The highest BCUT2D eigenvalue weighted by Crippen LogP contribution is 2.43. The molecule has 0 aromatic heterocycles. The second-order valence-corrected chi connectivity index (χ2v) is 20.7. The Kier molecular flexibility index (Phi) is 45.0. The smallest absolute Gasteiger partial charge is 0.387 e. The average Bonchev–Trinajstić information content (AvgIpc) is 3.25. The largest absolute Gasteiger partial charge is 0.472 e. The number of likely N-dealkylation sites (N-methyl/N-ethyl adjacent to an activating group) is 1. The number of amides is 1. The molecule has 3 atom stereocenters. The Morgan fingerprint density at radius 1 is 0.531 bits per heavy atom. The molecule has 9 heteroatoms. The number of aliphatic hydroxyl groups is 1. The molecule has 0 aliphatic carbocycles. The first-order chi connectivity index (χ1) is 31.0. The third-order valence-electron chi connectivity index (χ3n) is 11.7. The van der Waals surface area contributed by atoms with Gasteiger partial charge in [-0.1, -0.05) is 209 Å². The van der Waals surface area contributed by atoms with Crippen LogP contribution in [0.1, 0.15) is 232 Å². The number of nitrogens with zero attached hydrogens (tertiary/aromatic N) is 1. The number of hydrogen-bond donors (Lipinski definition) is 3. The number of quaternary nitrogens is 1. The summed E-state index contributed by atoms with van der Waals surface area (Å²) in [6.45, 7) is 4.76. The molecule has 0 saturated carbocycles. The molecule has 0 rings (SSSR count). The first-order valence-corrected chi connectivity index (χ1v) is 28.2. The zero-order valence-corrected chi connectivity index (χ0v) is 43.4. The number of carbonyl (C=O) groups is 1. The van der Waals surface area contributed by atoms with Crippen LogP contribution in [0.15, 0.2) is 60.8 Å². The van der Waals surface area contributed by atoms with Gasteiger partial charge in [0.05, 0.1) is 39.9 Å². The van der Waals surface area contributed by atoms with Crippen molar-refractivity contribution in [3.05, 3.63) is 60.8 Å². The minimum Gasteiger partial charge on any atom is -0.387 e. The van der Waals surface area contributed by atoms with Gasteiger partial charge >= 0.3 is 7.82 Å². The predicted octanol–water partition coefficient (Wildman–Crippen LogP) is 15.8. The highest BCUT2D eigenvalue weighted by molar-refractivity contribution is 7.47. The minimum absolute atomic E-state index is 0.0486. The second-order valence-electron chi connectivity index (χ2n) is 19.2. The van der Waals surface area contributed by atoms with Gasteiger partial charge in [-0.3, -0.25) is 13.8 Å². The molecular weight excluding hydrogens is 816 g/mol. The van der Waals surface area contributed by atoms with Crippen LogP contribution in [0.3, 0.4) is 0 Å². The van der Waals surface area contributed by atoms with Crippen molar-refractivity contribution in [2.75, 3.05) is 40.9 Å². The zero-order chi connectivity index (χ0) is 47.1. The van der Waals surface area contributed by atoms with Crippen LogP contribution in [-0.2, 0) is 18.4 Å². The summed E-state index contributed by atoms with van der Waals surface area (Å²) in [6, 6.07) is -0.879. The van der Waals surface area contributed by atoms with Crippen molar-refractivity contribution in [2.24, 2.45) is 0 Å². The highest BCUT2D eigenvalue weighted by Gasteiger charge is 2.27. The van der Waals surface area contributed by atoms with Gasteiger partial charge in [0.1, 0.15) is 13.2 Å². The first kappa shape index (κ1) is 62.2. The predicted molar refractivity (Wildman–Crippen MR) is 277 cm³/mol. The van der Waals surface area contributed by atoms with E-state index >= 15 is 0 Å². The molecule has 0 heterocycles. The van der Waals surface area contributed by atoms with Crippen molar-refractivity contribution in [1.29, 1.82) is 0 Å². The van der Waals surface area contributed by atoms with Crippen LogP contribution in [0.5, 0.6) is 0 Å². The van der Waals surface area contributed by atoms with Gasteiger partial charge in [-0.05, 0) is 77.0 Å². The third kappa shape index (κ3) is 48.1. The summed E-state index contributed by atoms with van der Waals surface area (Å²) in [4.78, 5) is 23.2. The van der Waals surface area contributed by atoms with Gasteiger partial charge in [0, 0.05) is 6.42 Å². The molecule has 374 valence electrons. The summed E-state index contributed by atoms with van der Waals surface area (Å²) in [5.41, 5.74) is 0. The van der Waals surface area contributed by atoms with Gasteiger partial charge in [0.25, 0.3) is 0 Å². The lowest BCUT2D eigenvalue weighted by Crippen LogP contribution is -2.45. The molecule has 0 aliphatic rings. The molecule has 0 bridgehead atoms. The van der Waals surface area contributed by atoms with Gasteiger partial charge in [0.2, 0.25) is 5.91 Å². The maximum Gasteiger partial charge on any atom is 0.472 e.